The first-order valence-corrected chi connectivity index (χ1v) is 7.83. The monoisotopic (exact) mass is 327 g/mol. The van der Waals surface area contributed by atoms with Crippen LogP contribution in [0, 0.1) is 11.6 Å². The van der Waals surface area contributed by atoms with Gasteiger partial charge in [0.25, 0.3) is 0 Å². The van der Waals surface area contributed by atoms with E-state index >= 15 is 0 Å². The molecule has 0 aliphatic carbocycles. The molecular weight excluding hydrogens is 312 g/mol. The molecule has 0 unspecified atom stereocenters. The molecule has 0 bridgehead atoms. The Labute approximate surface area is 128 Å². The molecule has 0 radical (unpaired) electrons. The highest BCUT2D eigenvalue weighted by atomic mass is 32.2. The highest BCUT2D eigenvalue weighted by Gasteiger charge is 2.21. The molecule has 0 aliphatic rings. The summed E-state index contributed by atoms with van der Waals surface area (Å²) < 4.78 is 57.3. The molecule has 2 aromatic carbocycles. The third-order valence-electron chi connectivity index (χ3n) is 3.13. The first-order chi connectivity index (χ1) is 10.3. The van der Waals surface area contributed by atoms with Gasteiger partial charge in [-0.05, 0) is 35.9 Å². The molecule has 2 aromatic rings. The van der Waals surface area contributed by atoms with E-state index in [1.807, 2.05) is 0 Å². The van der Waals surface area contributed by atoms with Crippen molar-refractivity contribution in [3.05, 3.63) is 59.7 Å². The Morgan fingerprint density at radius 3 is 2.45 bits per heavy atom. The average molecular weight is 327 g/mol. The van der Waals surface area contributed by atoms with Gasteiger partial charge in [-0.15, -0.1) is 0 Å². The highest BCUT2D eigenvalue weighted by Crippen LogP contribution is 2.21. The van der Waals surface area contributed by atoms with Crippen molar-refractivity contribution in [2.45, 2.75) is 11.4 Å². The maximum atomic E-state index is 13.6. The summed E-state index contributed by atoms with van der Waals surface area (Å²) in [5.74, 6) is -1.12. The Bertz CT molecular complexity index is 778. The van der Waals surface area contributed by atoms with E-state index in [-0.39, 0.29) is 17.2 Å². The van der Waals surface area contributed by atoms with E-state index in [0.717, 1.165) is 16.4 Å². The van der Waals surface area contributed by atoms with Crippen LogP contribution in [0.2, 0.25) is 0 Å². The number of rotatable bonds is 5. The fraction of sp³-hybridized carbons (Fsp3) is 0.200. The first-order valence-electron chi connectivity index (χ1n) is 6.39. The van der Waals surface area contributed by atoms with E-state index in [1.54, 1.807) is 6.07 Å². The SMILES string of the molecule is COc1ccc(CN(C)S(=O)(=O)c2cccc(F)c2)cc1F. The van der Waals surface area contributed by atoms with E-state index in [2.05, 4.69) is 0 Å². The largest absolute Gasteiger partial charge is 0.494 e. The smallest absolute Gasteiger partial charge is 0.243 e. The lowest BCUT2D eigenvalue weighted by atomic mass is 10.2. The highest BCUT2D eigenvalue weighted by molar-refractivity contribution is 7.89. The summed E-state index contributed by atoms with van der Waals surface area (Å²) >= 11 is 0. The fourth-order valence-electron chi connectivity index (χ4n) is 1.96. The zero-order valence-electron chi connectivity index (χ0n) is 12.1. The molecule has 0 fully saturated rings. The average Bonchev–Trinajstić information content (AvgIpc) is 2.47. The van der Waals surface area contributed by atoms with E-state index in [9.17, 15) is 17.2 Å². The predicted molar refractivity (Wildman–Crippen MR) is 78.0 cm³/mol. The van der Waals surface area contributed by atoms with Crippen LogP contribution in [-0.2, 0) is 16.6 Å². The number of sulfonamides is 1. The molecule has 22 heavy (non-hydrogen) atoms. The fourth-order valence-corrected chi connectivity index (χ4v) is 3.15. The van der Waals surface area contributed by atoms with Gasteiger partial charge in [0.05, 0.1) is 12.0 Å². The molecule has 4 nitrogen and oxygen atoms in total. The zero-order chi connectivity index (χ0) is 16.3. The summed E-state index contributed by atoms with van der Waals surface area (Å²) in [6, 6.07) is 8.94. The maximum Gasteiger partial charge on any atom is 0.243 e. The minimum atomic E-state index is -3.85. The van der Waals surface area contributed by atoms with Crippen molar-refractivity contribution in [3.8, 4) is 5.75 Å². The number of hydrogen-bond acceptors (Lipinski definition) is 3. The molecule has 0 amide bonds. The van der Waals surface area contributed by atoms with E-state index in [0.29, 0.717) is 5.56 Å². The summed E-state index contributed by atoms with van der Waals surface area (Å²) in [5.41, 5.74) is 0.459. The molecule has 0 aliphatic heterocycles. The zero-order valence-corrected chi connectivity index (χ0v) is 12.9. The Hall–Kier alpha value is -1.99. The van der Waals surface area contributed by atoms with Gasteiger partial charge in [0.2, 0.25) is 10.0 Å². The predicted octanol–water partition coefficient (Wildman–Crippen LogP) is 2.79. The van der Waals surface area contributed by atoms with Gasteiger partial charge in [0.1, 0.15) is 5.82 Å². The van der Waals surface area contributed by atoms with Gasteiger partial charge in [0, 0.05) is 13.6 Å². The maximum absolute atomic E-state index is 13.6. The van der Waals surface area contributed by atoms with Crippen molar-refractivity contribution in [2.24, 2.45) is 0 Å². The second-order valence-corrected chi connectivity index (χ2v) is 6.73. The first kappa shape index (κ1) is 16.4. The molecule has 0 atom stereocenters. The Balaban J connectivity index is 2.24. The number of benzene rings is 2. The number of hydrogen-bond donors (Lipinski definition) is 0. The minimum Gasteiger partial charge on any atom is -0.494 e. The van der Waals surface area contributed by atoms with E-state index < -0.39 is 21.7 Å². The lowest BCUT2D eigenvalue weighted by Gasteiger charge is -2.17. The normalized spacial score (nSPS) is 11.7. The van der Waals surface area contributed by atoms with Gasteiger partial charge < -0.3 is 4.74 Å². The van der Waals surface area contributed by atoms with Crippen molar-refractivity contribution in [3.63, 3.8) is 0 Å². The third kappa shape index (κ3) is 3.42. The standard InChI is InChI=1S/C15H15F2NO3S/c1-18(10-11-6-7-15(21-2)14(17)8-11)22(19,20)13-5-3-4-12(16)9-13/h3-9H,10H2,1-2H3. The van der Waals surface area contributed by atoms with Crippen LogP contribution in [0.25, 0.3) is 0 Å². The lowest BCUT2D eigenvalue weighted by Crippen LogP contribution is -2.26. The van der Waals surface area contributed by atoms with Crippen LogP contribution in [0.4, 0.5) is 8.78 Å². The molecular formula is C15H15F2NO3S. The molecule has 118 valence electrons. The van der Waals surface area contributed by atoms with Gasteiger partial charge in [0.15, 0.2) is 11.6 Å². The Morgan fingerprint density at radius 2 is 1.86 bits per heavy atom. The second kappa shape index (κ2) is 6.41. The van der Waals surface area contributed by atoms with E-state index in [1.165, 1.54) is 38.4 Å². The van der Waals surface area contributed by atoms with Crippen molar-refractivity contribution in [1.82, 2.24) is 4.31 Å². The molecule has 0 spiro atoms. The molecule has 0 saturated heterocycles. The quantitative estimate of drug-likeness (QED) is 0.848. The van der Waals surface area contributed by atoms with Crippen LogP contribution in [0.1, 0.15) is 5.56 Å². The minimum absolute atomic E-state index is 0.0419. The second-order valence-electron chi connectivity index (χ2n) is 4.69. The number of ether oxygens (including phenoxy) is 1. The van der Waals surface area contributed by atoms with Crippen LogP contribution in [0.5, 0.6) is 5.75 Å². The van der Waals surface area contributed by atoms with Gasteiger partial charge in [-0.1, -0.05) is 12.1 Å². The van der Waals surface area contributed by atoms with Crippen LogP contribution in [-0.4, -0.2) is 26.9 Å². The van der Waals surface area contributed by atoms with Gasteiger partial charge >= 0.3 is 0 Å². The van der Waals surface area contributed by atoms with Gasteiger partial charge in [-0.2, -0.15) is 4.31 Å². The summed E-state index contributed by atoms with van der Waals surface area (Å²) in [7, 11) is -1.15. The van der Waals surface area contributed by atoms with Gasteiger partial charge in [-0.3, -0.25) is 0 Å². The Morgan fingerprint density at radius 1 is 1.14 bits per heavy atom. The number of methoxy groups -OCH3 is 1. The summed E-state index contributed by atoms with van der Waals surface area (Å²) in [5, 5.41) is 0. The Kier molecular flexibility index (Phi) is 4.77. The van der Waals surface area contributed by atoms with Gasteiger partial charge in [-0.25, -0.2) is 17.2 Å². The molecule has 0 N–H and O–H groups in total. The number of halogens is 2. The molecule has 0 heterocycles. The summed E-state index contributed by atoms with van der Waals surface area (Å²) in [6.07, 6.45) is 0. The van der Waals surface area contributed by atoms with E-state index in [4.69, 9.17) is 4.74 Å². The summed E-state index contributed by atoms with van der Waals surface area (Å²) in [6.45, 7) is -0.0419. The molecule has 2 rings (SSSR count). The summed E-state index contributed by atoms with van der Waals surface area (Å²) in [4.78, 5) is -0.149. The van der Waals surface area contributed by atoms with Crippen LogP contribution < -0.4 is 4.74 Å². The van der Waals surface area contributed by atoms with Crippen molar-refractivity contribution >= 4 is 10.0 Å². The van der Waals surface area contributed by atoms with Crippen LogP contribution >= 0.6 is 0 Å². The van der Waals surface area contributed by atoms with Crippen LogP contribution in [0.15, 0.2) is 47.4 Å². The van der Waals surface area contributed by atoms with Crippen molar-refractivity contribution < 1.29 is 21.9 Å². The molecule has 0 saturated carbocycles. The van der Waals surface area contributed by atoms with Crippen molar-refractivity contribution in [1.29, 1.82) is 0 Å². The lowest BCUT2D eigenvalue weighted by molar-refractivity contribution is 0.385. The molecule has 7 heteroatoms. The number of nitrogens with zero attached hydrogens (tertiary/aromatic N) is 1. The van der Waals surface area contributed by atoms with Crippen molar-refractivity contribution in [2.75, 3.05) is 14.2 Å². The molecule has 0 aromatic heterocycles. The van der Waals surface area contributed by atoms with Crippen LogP contribution in [0.3, 0.4) is 0 Å². The topological polar surface area (TPSA) is 46.6 Å². The third-order valence-corrected chi connectivity index (χ3v) is 4.93.